The van der Waals surface area contributed by atoms with Crippen LogP contribution < -0.4 is 5.32 Å². The summed E-state index contributed by atoms with van der Waals surface area (Å²) in [6.45, 7) is 4.01. The SMILES string of the molecule is CCOC(=O)C(C)(NC1CCCCC1)c1cnccn1. The molecule has 0 spiro atoms. The highest BCUT2D eigenvalue weighted by Gasteiger charge is 2.40. The normalized spacial score (nSPS) is 19.3. The molecular formula is C15H23N3O2. The second-order valence-corrected chi connectivity index (χ2v) is 5.42. The Morgan fingerprint density at radius 2 is 2.15 bits per heavy atom. The Bertz CT molecular complexity index is 432. The van der Waals surface area contributed by atoms with Gasteiger partial charge in [-0.15, -0.1) is 0 Å². The van der Waals surface area contributed by atoms with Gasteiger partial charge >= 0.3 is 5.97 Å². The van der Waals surface area contributed by atoms with Crippen molar-refractivity contribution >= 4 is 5.97 Å². The van der Waals surface area contributed by atoms with E-state index in [1.165, 1.54) is 19.3 Å². The first-order valence-corrected chi connectivity index (χ1v) is 7.38. The highest BCUT2D eigenvalue weighted by Crippen LogP contribution is 2.25. The van der Waals surface area contributed by atoms with E-state index in [9.17, 15) is 4.79 Å². The zero-order valence-corrected chi connectivity index (χ0v) is 12.3. The average molecular weight is 277 g/mol. The maximum absolute atomic E-state index is 12.4. The van der Waals surface area contributed by atoms with Crippen molar-refractivity contribution in [1.29, 1.82) is 0 Å². The van der Waals surface area contributed by atoms with Crippen molar-refractivity contribution in [3.05, 3.63) is 24.3 Å². The Hall–Kier alpha value is -1.49. The number of nitrogens with one attached hydrogen (secondary N) is 1. The summed E-state index contributed by atoms with van der Waals surface area (Å²) in [6, 6.07) is 0.333. The third-order valence-electron chi connectivity index (χ3n) is 3.86. The number of aromatic nitrogens is 2. The van der Waals surface area contributed by atoms with Gasteiger partial charge < -0.3 is 4.74 Å². The van der Waals surface area contributed by atoms with Crippen molar-refractivity contribution in [3.8, 4) is 0 Å². The van der Waals surface area contributed by atoms with Crippen LogP contribution in [-0.2, 0) is 15.1 Å². The minimum atomic E-state index is -0.924. The van der Waals surface area contributed by atoms with E-state index < -0.39 is 5.54 Å². The smallest absolute Gasteiger partial charge is 0.332 e. The van der Waals surface area contributed by atoms with Gasteiger partial charge in [0.15, 0.2) is 5.54 Å². The summed E-state index contributed by atoms with van der Waals surface area (Å²) < 4.78 is 5.23. The molecule has 0 bridgehead atoms. The Morgan fingerprint density at radius 3 is 2.75 bits per heavy atom. The quantitative estimate of drug-likeness (QED) is 0.836. The van der Waals surface area contributed by atoms with Gasteiger partial charge in [0, 0.05) is 18.4 Å². The first-order chi connectivity index (χ1) is 9.66. The van der Waals surface area contributed by atoms with Gasteiger partial charge in [0.2, 0.25) is 0 Å². The van der Waals surface area contributed by atoms with Crippen LogP contribution in [0.1, 0.15) is 51.6 Å². The van der Waals surface area contributed by atoms with Gasteiger partial charge in [-0.3, -0.25) is 15.3 Å². The van der Waals surface area contributed by atoms with Crippen LogP contribution in [0.3, 0.4) is 0 Å². The van der Waals surface area contributed by atoms with Crippen LogP contribution in [-0.4, -0.2) is 28.6 Å². The molecule has 2 rings (SSSR count). The van der Waals surface area contributed by atoms with E-state index in [4.69, 9.17) is 4.74 Å². The molecule has 1 saturated carbocycles. The molecule has 1 atom stereocenters. The number of hydrogen-bond donors (Lipinski definition) is 1. The standard InChI is InChI=1S/C15H23N3O2/c1-3-20-14(19)15(2,13-11-16-9-10-17-13)18-12-7-5-4-6-8-12/h9-12,18H,3-8H2,1-2H3. The lowest BCUT2D eigenvalue weighted by Crippen LogP contribution is -2.53. The molecule has 1 heterocycles. The van der Waals surface area contributed by atoms with Crippen LogP contribution in [0.5, 0.6) is 0 Å². The van der Waals surface area contributed by atoms with E-state index in [-0.39, 0.29) is 5.97 Å². The van der Waals surface area contributed by atoms with Crippen molar-refractivity contribution in [2.24, 2.45) is 0 Å². The Kier molecular flexibility index (Phi) is 5.06. The topological polar surface area (TPSA) is 64.1 Å². The van der Waals surface area contributed by atoms with Crippen LogP contribution in [0.4, 0.5) is 0 Å². The molecule has 20 heavy (non-hydrogen) atoms. The predicted octanol–water partition coefficient (Wildman–Crippen LogP) is 2.18. The molecule has 1 fully saturated rings. The zero-order chi connectivity index (χ0) is 14.4. The fourth-order valence-electron chi connectivity index (χ4n) is 2.73. The summed E-state index contributed by atoms with van der Waals surface area (Å²) in [5.41, 5.74) is -0.309. The molecule has 110 valence electrons. The van der Waals surface area contributed by atoms with Gasteiger partial charge in [-0.1, -0.05) is 19.3 Å². The highest BCUT2D eigenvalue weighted by molar-refractivity contribution is 5.81. The molecule has 0 amide bonds. The van der Waals surface area contributed by atoms with Crippen molar-refractivity contribution in [2.75, 3.05) is 6.61 Å². The monoisotopic (exact) mass is 277 g/mol. The lowest BCUT2D eigenvalue weighted by Gasteiger charge is -2.34. The van der Waals surface area contributed by atoms with E-state index in [1.54, 1.807) is 18.6 Å². The third-order valence-corrected chi connectivity index (χ3v) is 3.86. The molecule has 0 aromatic carbocycles. The fourth-order valence-corrected chi connectivity index (χ4v) is 2.73. The van der Waals surface area contributed by atoms with Crippen LogP contribution in [0.25, 0.3) is 0 Å². The van der Waals surface area contributed by atoms with E-state index in [1.807, 2.05) is 13.8 Å². The van der Waals surface area contributed by atoms with Crippen molar-refractivity contribution in [2.45, 2.75) is 57.5 Å². The third kappa shape index (κ3) is 3.33. The van der Waals surface area contributed by atoms with Crippen molar-refractivity contribution in [1.82, 2.24) is 15.3 Å². The van der Waals surface area contributed by atoms with E-state index >= 15 is 0 Å². The fraction of sp³-hybridized carbons (Fsp3) is 0.667. The summed E-state index contributed by atoms with van der Waals surface area (Å²) >= 11 is 0. The number of hydrogen-bond acceptors (Lipinski definition) is 5. The van der Waals surface area contributed by atoms with E-state index in [0.717, 1.165) is 12.8 Å². The first kappa shape index (κ1) is 14.9. The van der Waals surface area contributed by atoms with Crippen molar-refractivity contribution in [3.63, 3.8) is 0 Å². The minimum absolute atomic E-state index is 0.286. The number of esters is 1. The molecule has 1 unspecified atom stereocenters. The molecule has 1 N–H and O–H groups in total. The lowest BCUT2D eigenvalue weighted by atomic mass is 9.90. The summed E-state index contributed by atoms with van der Waals surface area (Å²) in [5.74, 6) is -0.286. The van der Waals surface area contributed by atoms with Crippen molar-refractivity contribution < 1.29 is 9.53 Å². The summed E-state index contributed by atoms with van der Waals surface area (Å²) in [4.78, 5) is 20.8. The molecule has 5 nitrogen and oxygen atoms in total. The molecule has 1 aliphatic carbocycles. The predicted molar refractivity (Wildman–Crippen MR) is 76.0 cm³/mol. The van der Waals surface area contributed by atoms with E-state index in [2.05, 4.69) is 15.3 Å². The maximum Gasteiger partial charge on any atom is 0.332 e. The molecule has 1 aromatic heterocycles. The van der Waals surface area contributed by atoms with Gasteiger partial charge in [-0.2, -0.15) is 0 Å². The largest absolute Gasteiger partial charge is 0.464 e. The van der Waals surface area contributed by atoms with Crippen LogP contribution in [0.15, 0.2) is 18.6 Å². The van der Waals surface area contributed by atoms with Gasteiger partial charge in [-0.05, 0) is 26.7 Å². The van der Waals surface area contributed by atoms with Gasteiger partial charge in [0.1, 0.15) is 0 Å². The Balaban J connectivity index is 2.21. The molecular weight excluding hydrogens is 254 g/mol. The van der Waals surface area contributed by atoms with Crippen LogP contribution >= 0.6 is 0 Å². The molecule has 1 aliphatic rings. The molecule has 0 aliphatic heterocycles. The maximum atomic E-state index is 12.4. The molecule has 0 saturated heterocycles. The van der Waals surface area contributed by atoms with E-state index in [0.29, 0.717) is 18.3 Å². The van der Waals surface area contributed by atoms with Gasteiger partial charge in [-0.25, -0.2) is 4.79 Å². The number of ether oxygens (including phenoxy) is 1. The first-order valence-electron chi connectivity index (χ1n) is 7.38. The molecule has 0 radical (unpaired) electrons. The minimum Gasteiger partial charge on any atom is -0.464 e. The number of rotatable bonds is 5. The van der Waals surface area contributed by atoms with Crippen LogP contribution in [0.2, 0.25) is 0 Å². The summed E-state index contributed by atoms with van der Waals surface area (Å²) in [6.07, 6.45) is 10.7. The molecule has 1 aromatic rings. The lowest BCUT2D eigenvalue weighted by molar-refractivity contribution is -0.151. The van der Waals surface area contributed by atoms with Gasteiger partial charge in [0.05, 0.1) is 18.5 Å². The second-order valence-electron chi connectivity index (χ2n) is 5.42. The Morgan fingerprint density at radius 1 is 1.40 bits per heavy atom. The summed E-state index contributed by atoms with van der Waals surface area (Å²) in [7, 11) is 0. The Labute approximate surface area is 120 Å². The number of nitrogens with zero attached hydrogens (tertiary/aromatic N) is 2. The number of carbonyl (C=O) groups excluding carboxylic acids is 1. The van der Waals surface area contributed by atoms with Gasteiger partial charge in [0.25, 0.3) is 0 Å². The number of carbonyl (C=O) groups is 1. The zero-order valence-electron chi connectivity index (χ0n) is 12.3. The highest BCUT2D eigenvalue weighted by atomic mass is 16.5. The summed E-state index contributed by atoms with van der Waals surface area (Å²) in [5, 5.41) is 3.46. The average Bonchev–Trinajstić information content (AvgIpc) is 2.49. The van der Waals surface area contributed by atoms with Crippen LogP contribution in [0, 0.1) is 0 Å². The molecule has 5 heteroatoms. The second kappa shape index (κ2) is 6.79.